The summed E-state index contributed by atoms with van der Waals surface area (Å²) in [7, 11) is 0. The number of likely N-dealkylation sites (tertiary alicyclic amines) is 1. The van der Waals surface area contributed by atoms with Crippen LogP contribution in [0.3, 0.4) is 0 Å². The first-order valence-electron chi connectivity index (χ1n) is 16.9. The van der Waals surface area contributed by atoms with E-state index in [2.05, 4.69) is 17.2 Å². The molecular formula is C36H56F3N3O7. The van der Waals surface area contributed by atoms with Gasteiger partial charge in [0.15, 0.2) is 11.6 Å². The van der Waals surface area contributed by atoms with E-state index in [9.17, 15) is 41.9 Å². The SMILES string of the molecule is C=CCCC(=O)C(=O)C(CCC(F)(F)F)CC(=O)[C@@H]1[C@@H]2[C@H](CN1C(=O)[C@@H](NC(=O)N[C@H](C(=O)OC(C)(C)C)C(C)(C)C)C(C)(C)C)C2(C)C. The minimum Gasteiger partial charge on any atom is -0.458 e. The summed E-state index contributed by atoms with van der Waals surface area (Å²) in [5, 5.41) is 5.35. The summed E-state index contributed by atoms with van der Waals surface area (Å²) < 4.78 is 45.2. The Morgan fingerprint density at radius 1 is 0.918 bits per heavy atom. The van der Waals surface area contributed by atoms with Gasteiger partial charge in [0.25, 0.3) is 0 Å². The molecule has 1 aliphatic carbocycles. The van der Waals surface area contributed by atoms with Crippen molar-refractivity contribution in [2.75, 3.05) is 6.54 Å². The molecule has 0 aromatic carbocycles. The van der Waals surface area contributed by atoms with Gasteiger partial charge in [0, 0.05) is 31.7 Å². The van der Waals surface area contributed by atoms with Crippen LogP contribution in [0.2, 0.25) is 0 Å². The number of nitrogens with zero attached hydrogens (tertiary/aromatic N) is 1. The van der Waals surface area contributed by atoms with Crippen molar-refractivity contribution in [2.24, 2.45) is 34.0 Å². The molecule has 0 aromatic heterocycles. The zero-order chi connectivity index (χ0) is 38.1. The van der Waals surface area contributed by atoms with Gasteiger partial charge in [-0.2, -0.15) is 13.2 Å². The molecule has 1 heterocycles. The van der Waals surface area contributed by atoms with Crippen LogP contribution in [0.4, 0.5) is 18.0 Å². The van der Waals surface area contributed by atoms with Crippen molar-refractivity contribution < 1.29 is 46.7 Å². The first kappa shape index (κ1) is 41.9. The van der Waals surface area contributed by atoms with E-state index >= 15 is 0 Å². The molecule has 1 saturated carbocycles. The van der Waals surface area contributed by atoms with Crippen LogP contribution in [-0.2, 0) is 28.7 Å². The average Bonchev–Trinajstić information content (AvgIpc) is 3.24. The number of allylic oxidation sites excluding steroid dienone is 1. The normalized spacial score (nSPS) is 22.2. The van der Waals surface area contributed by atoms with Gasteiger partial charge in [-0.1, -0.05) is 61.5 Å². The number of urea groups is 1. The van der Waals surface area contributed by atoms with Gasteiger partial charge in [0.05, 0.1) is 6.04 Å². The van der Waals surface area contributed by atoms with Gasteiger partial charge in [-0.3, -0.25) is 19.2 Å². The summed E-state index contributed by atoms with van der Waals surface area (Å²) in [5.41, 5.74) is -2.80. The lowest BCUT2D eigenvalue weighted by molar-refractivity contribution is -0.160. The monoisotopic (exact) mass is 699 g/mol. The van der Waals surface area contributed by atoms with E-state index in [4.69, 9.17) is 4.74 Å². The van der Waals surface area contributed by atoms with Gasteiger partial charge in [0.1, 0.15) is 17.7 Å². The standard InChI is InChI=1S/C36H56F3N3O7/c1-13-14-15-22(43)26(45)20(16-17-36(37,38)39)18-23(44)25-24-21(35(24,11)12)19-42(25)29(46)27(32(2,3)4)40-31(48)41-28(33(5,6)7)30(47)49-34(8,9)10/h13,20-21,24-25,27-28H,1,14-19H2,2-12H3,(H2,40,41,48)/t20?,21-,24-,25+,27+,28+/m0/s1. The summed E-state index contributed by atoms with van der Waals surface area (Å²) in [4.78, 5) is 81.7. The Bertz CT molecular complexity index is 1300. The topological polar surface area (TPSA) is 139 Å². The summed E-state index contributed by atoms with van der Waals surface area (Å²) in [6, 6.07) is -4.11. The highest BCUT2D eigenvalue weighted by atomic mass is 19.4. The van der Waals surface area contributed by atoms with Crippen molar-refractivity contribution in [3.63, 3.8) is 0 Å². The minimum atomic E-state index is -4.60. The maximum Gasteiger partial charge on any atom is 0.389 e. The fourth-order valence-electron chi connectivity index (χ4n) is 6.60. The van der Waals surface area contributed by atoms with Gasteiger partial charge in [-0.25, -0.2) is 9.59 Å². The quantitative estimate of drug-likeness (QED) is 0.130. The number of alkyl halides is 3. The molecule has 1 unspecified atom stereocenters. The molecule has 0 radical (unpaired) electrons. The number of carbonyl (C=O) groups excluding carboxylic acids is 6. The fourth-order valence-corrected chi connectivity index (χ4v) is 6.60. The Balaban J connectivity index is 2.38. The third-order valence-electron chi connectivity index (χ3n) is 9.44. The molecule has 1 aliphatic heterocycles. The molecule has 278 valence electrons. The largest absolute Gasteiger partial charge is 0.458 e. The summed E-state index contributed by atoms with van der Waals surface area (Å²) >= 11 is 0. The van der Waals surface area contributed by atoms with Crippen LogP contribution >= 0.6 is 0 Å². The third kappa shape index (κ3) is 11.1. The van der Waals surface area contributed by atoms with Crippen LogP contribution < -0.4 is 10.6 Å². The molecule has 2 aliphatic rings. The smallest absolute Gasteiger partial charge is 0.389 e. The van der Waals surface area contributed by atoms with Gasteiger partial charge >= 0.3 is 18.2 Å². The van der Waals surface area contributed by atoms with E-state index in [1.165, 1.54) is 11.0 Å². The summed E-state index contributed by atoms with van der Waals surface area (Å²) in [6.07, 6.45) is -5.96. The Hall–Kier alpha value is -3.25. The Morgan fingerprint density at radius 2 is 1.45 bits per heavy atom. The molecule has 2 N–H and O–H groups in total. The Morgan fingerprint density at radius 3 is 1.92 bits per heavy atom. The molecule has 49 heavy (non-hydrogen) atoms. The second kappa shape index (κ2) is 14.9. The first-order valence-corrected chi connectivity index (χ1v) is 16.9. The second-order valence-corrected chi connectivity index (χ2v) is 17.3. The van der Waals surface area contributed by atoms with E-state index < -0.39 is 101 Å². The molecule has 0 bridgehead atoms. The molecule has 3 amide bonds. The van der Waals surface area contributed by atoms with Gasteiger partial charge in [0.2, 0.25) is 11.7 Å². The van der Waals surface area contributed by atoms with Crippen LogP contribution in [0.25, 0.3) is 0 Å². The van der Waals surface area contributed by atoms with Crippen molar-refractivity contribution in [1.29, 1.82) is 0 Å². The number of carbonyl (C=O) groups is 6. The number of Topliss-reactive ketones (excluding diaryl/α,β-unsaturated/α-hetero) is 3. The van der Waals surface area contributed by atoms with E-state index in [-0.39, 0.29) is 36.6 Å². The number of halogens is 3. The molecule has 6 atom stereocenters. The van der Waals surface area contributed by atoms with E-state index in [1.54, 1.807) is 62.3 Å². The lowest BCUT2D eigenvalue weighted by atomic mass is 9.83. The number of fused-ring (bicyclic) bond motifs is 1. The van der Waals surface area contributed by atoms with Crippen molar-refractivity contribution in [2.45, 2.75) is 138 Å². The second-order valence-electron chi connectivity index (χ2n) is 17.3. The predicted octanol–water partition coefficient (Wildman–Crippen LogP) is 5.96. The summed E-state index contributed by atoms with van der Waals surface area (Å²) in [6.45, 7) is 23.1. The van der Waals surface area contributed by atoms with Crippen LogP contribution in [0.15, 0.2) is 12.7 Å². The molecule has 0 aromatic rings. The van der Waals surface area contributed by atoms with E-state index in [1.807, 2.05) is 13.8 Å². The van der Waals surface area contributed by atoms with Gasteiger partial charge < -0.3 is 20.3 Å². The number of ketones is 3. The molecule has 10 nitrogen and oxygen atoms in total. The van der Waals surface area contributed by atoms with Crippen molar-refractivity contribution in [3.8, 4) is 0 Å². The Kier molecular flexibility index (Phi) is 12.8. The molecule has 13 heteroatoms. The van der Waals surface area contributed by atoms with Crippen LogP contribution in [0.5, 0.6) is 0 Å². The number of rotatable bonds is 14. The third-order valence-corrected chi connectivity index (χ3v) is 9.44. The lowest BCUT2D eigenvalue weighted by Gasteiger charge is -2.38. The van der Waals surface area contributed by atoms with E-state index in [0.29, 0.717) is 0 Å². The van der Waals surface area contributed by atoms with E-state index in [0.717, 1.165) is 0 Å². The maximum absolute atomic E-state index is 14.3. The van der Waals surface area contributed by atoms with Crippen molar-refractivity contribution in [3.05, 3.63) is 12.7 Å². The minimum absolute atomic E-state index is 0.0872. The van der Waals surface area contributed by atoms with Gasteiger partial charge in [-0.15, -0.1) is 6.58 Å². The highest BCUT2D eigenvalue weighted by molar-refractivity contribution is 6.38. The van der Waals surface area contributed by atoms with Crippen molar-refractivity contribution in [1.82, 2.24) is 15.5 Å². The van der Waals surface area contributed by atoms with Crippen LogP contribution in [0.1, 0.15) is 108 Å². The van der Waals surface area contributed by atoms with Crippen molar-refractivity contribution >= 4 is 35.3 Å². The highest BCUT2D eigenvalue weighted by Crippen LogP contribution is 2.65. The molecule has 2 fully saturated rings. The lowest BCUT2D eigenvalue weighted by Crippen LogP contribution is -2.61. The maximum atomic E-state index is 14.3. The molecule has 0 spiro atoms. The van der Waals surface area contributed by atoms with Crippen LogP contribution in [0, 0.1) is 34.0 Å². The molecule has 2 rings (SSSR count). The molecular weight excluding hydrogens is 643 g/mol. The number of hydrogen-bond donors (Lipinski definition) is 2. The number of nitrogens with one attached hydrogen (secondary N) is 2. The molecule has 1 saturated heterocycles. The number of ether oxygens (including phenoxy) is 1. The fraction of sp³-hybridized carbons (Fsp3) is 0.778. The number of piperidine rings is 1. The number of esters is 1. The average molecular weight is 700 g/mol. The summed E-state index contributed by atoms with van der Waals surface area (Å²) in [5.74, 6) is -5.63. The zero-order valence-corrected chi connectivity index (χ0v) is 30.9. The predicted molar refractivity (Wildman–Crippen MR) is 178 cm³/mol. The zero-order valence-electron chi connectivity index (χ0n) is 30.9. The number of hydrogen-bond acceptors (Lipinski definition) is 7. The first-order chi connectivity index (χ1) is 22.0. The van der Waals surface area contributed by atoms with Gasteiger partial charge in [-0.05, 0) is 61.7 Å². The number of amides is 3. The highest BCUT2D eigenvalue weighted by Gasteiger charge is 2.69. The van der Waals surface area contributed by atoms with Crippen LogP contribution in [-0.4, -0.2) is 76.6 Å². The Labute approximate surface area is 288 Å².